The standard InChI is InChI=1S/C11H17N3O2/c1-7-8(2)13-9(6-12-7)14-11(3,4)5-10(15)16/h6H,5H2,1-4H3,(H,13,14)(H,15,16). The van der Waals surface area contributed by atoms with E-state index in [-0.39, 0.29) is 6.42 Å². The van der Waals surface area contributed by atoms with Crippen LogP contribution in [0.1, 0.15) is 31.7 Å². The molecule has 0 atom stereocenters. The lowest BCUT2D eigenvalue weighted by Gasteiger charge is -2.24. The monoisotopic (exact) mass is 223 g/mol. The first-order valence-electron chi connectivity index (χ1n) is 5.10. The first-order valence-corrected chi connectivity index (χ1v) is 5.10. The number of carbonyl (C=O) groups is 1. The van der Waals surface area contributed by atoms with Gasteiger partial charge in [-0.15, -0.1) is 0 Å². The summed E-state index contributed by atoms with van der Waals surface area (Å²) in [7, 11) is 0. The predicted molar refractivity (Wildman–Crippen MR) is 61.5 cm³/mol. The highest BCUT2D eigenvalue weighted by atomic mass is 16.4. The molecule has 0 amide bonds. The van der Waals surface area contributed by atoms with Crippen LogP contribution in [0.5, 0.6) is 0 Å². The molecule has 16 heavy (non-hydrogen) atoms. The zero-order valence-electron chi connectivity index (χ0n) is 10.0. The van der Waals surface area contributed by atoms with Crippen molar-refractivity contribution in [2.24, 2.45) is 0 Å². The number of aliphatic carboxylic acids is 1. The molecule has 0 aromatic carbocycles. The normalized spacial score (nSPS) is 11.2. The molecule has 1 aromatic rings. The van der Waals surface area contributed by atoms with Gasteiger partial charge in [-0.25, -0.2) is 4.98 Å². The number of nitrogens with zero attached hydrogens (tertiary/aromatic N) is 2. The van der Waals surface area contributed by atoms with Crippen LogP contribution in [-0.2, 0) is 4.79 Å². The molecule has 0 saturated carbocycles. The van der Waals surface area contributed by atoms with Gasteiger partial charge in [-0.2, -0.15) is 0 Å². The molecule has 5 heteroatoms. The van der Waals surface area contributed by atoms with Gasteiger partial charge in [0.25, 0.3) is 0 Å². The molecule has 1 aromatic heterocycles. The molecule has 0 fully saturated rings. The minimum Gasteiger partial charge on any atom is -0.481 e. The highest BCUT2D eigenvalue weighted by molar-refractivity contribution is 5.69. The fourth-order valence-corrected chi connectivity index (χ4v) is 1.37. The Labute approximate surface area is 94.9 Å². The third-order valence-corrected chi connectivity index (χ3v) is 2.25. The van der Waals surface area contributed by atoms with Crippen LogP contribution < -0.4 is 5.32 Å². The Bertz CT molecular complexity index is 402. The molecule has 0 unspecified atom stereocenters. The lowest BCUT2D eigenvalue weighted by atomic mass is 10.0. The molecule has 0 spiro atoms. The van der Waals surface area contributed by atoms with Crippen molar-refractivity contribution in [2.45, 2.75) is 39.7 Å². The summed E-state index contributed by atoms with van der Waals surface area (Å²) < 4.78 is 0. The summed E-state index contributed by atoms with van der Waals surface area (Å²) >= 11 is 0. The van der Waals surface area contributed by atoms with Crippen LogP contribution in [0.25, 0.3) is 0 Å². The second-order valence-corrected chi connectivity index (χ2v) is 4.51. The van der Waals surface area contributed by atoms with E-state index in [1.165, 1.54) is 0 Å². The zero-order chi connectivity index (χ0) is 12.3. The van der Waals surface area contributed by atoms with Crippen LogP contribution in [0.15, 0.2) is 6.20 Å². The van der Waals surface area contributed by atoms with E-state index in [0.29, 0.717) is 5.82 Å². The van der Waals surface area contributed by atoms with Crippen molar-refractivity contribution < 1.29 is 9.90 Å². The van der Waals surface area contributed by atoms with Gasteiger partial charge in [0.1, 0.15) is 5.82 Å². The summed E-state index contributed by atoms with van der Waals surface area (Å²) in [4.78, 5) is 19.1. The minimum absolute atomic E-state index is 0.0294. The van der Waals surface area contributed by atoms with Gasteiger partial charge in [0, 0.05) is 5.54 Å². The van der Waals surface area contributed by atoms with Gasteiger partial charge >= 0.3 is 5.97 Å². The lowest BCUT2D eigenvalue weighted by molar-refractivity contribution is -0.137. The number of rotatable bonds is 4. The maximum absolute atomic E-state index is 10.7. The van der Waals surface area contributed by atoms with Crippen LogP contribution in [0.4, 0.5) is 5.82 Å². The number of anilines is 1. The molecule has 0 saturated heterocycles. The van der Waals surface area contributed by atoms with E-state index >= 15 is 0 Å². The molecule has 0 radical (unpaired) electrons. The van der Waals surface area contributed by atoms with E-state index in [4.69, 9.17) is 5.11 Å². The molecule has 2 N–H and O–H groups in total. The van der Waals surface area contributed by atoms with Crippen LogP contribution in [0.3, 0.4) is 0 Å². The number of aryl methyl sites for hydroxylation is 2. The summed E-state index contributed by atoms with van der Waals surface area (Å²) in [5.74, 6) is -0.233. The van der Waals surface area contributed by atoms with Gasteiger partial charge in [-0.1, -0.05) is 0 Å². The number of carboxylic acids is 1. The van der Waals surface area contributed by atoms with E-state index in [0.717, 1.165) is 11.4 Å². The molecule has 88 valence electrons. The highest BCUT2D eigenvalue weighted by Crippen LogP contribution is 2.16. The Morgan fingerprint density at radius 3 is 2.56 bits per heavy atom. The number of nitrogens with one attached hydrogen (secondary N) is 1. The van der Waals surface area contributed by atoms with E-state index in [2.05, 4.69) is 15.3 Å². The Kier molecular flexibility index (Phi) is 3.47. The molecule has 1 heterocycles. The average molecular weight is 223 g/mol. The van der Waals surface area contributed by atoms with Crippen molar-refractivity contribution in [1.29, 1.82) is 0 Å². The van der Waals surface area contributed by atoms with Crippen LogP contribution in [0.2, 0.25) is 0 Å². The number of carboxylic acid groups (broad SMARTS) is 1. The maximum Gasteiger partial charge on any atom is 0.305 e. The molecular weight excluding hydrogens is 206 g/mol. The fraction of sp³-hybridized carbons (Fsp3) is 0.545. The van der Waals surface area contributed by atoms with Gasteiger partial charge in [-0.3, -0.25) is 9.78 Å². The van der Waals surface area contributed by atoms with E-state index in [9.17, 15) is 4.79 Å². The Hall–Kier alpha value is -1.65. The first-order chi connectivity index (χ1) is 7.30. The van der Waals surface area contributed by atoms with E-state index < -0.39 is 11.5 Å². The topological polar surface area (TPSA) is 75.1 Å². The predicted octanol–water partition coefficient (Wildman–Crippen LogP) is 1.76. The number of hydrogen-bond acceptors (Lipinski definition) is 4. The second kappa shape index (κ2) is 4.47. The zero-order valence-corrected chi connectivity index (χ0v) is 10.0. The summed E-state index contributed by atoms with van der Waals surface area (Å²) in [6.45, 7) is 7.39. The first kappa shape index (κ1) is 12.4. The molecule has 5 nitrogen and oxygen atoms in total. The quantitative estimate of drug-likeness (QED) is 0.813. The largest absolute Gasteiger partial charge is 0.481 e. The number of aromatic nitrogens is 2. The number of hydrogen-bond donors (Lipinski definition) is 2. The molecule has 1 rings (SSSR count). The Morgan fingerprint density at radius 1 is 1.44 bits per heavy atom. The molecule has 0 aliphatic carbocycles. The van der Waals surface area contributed by atoms with Crippen LogP contribution >= 0.6 is 0 Å². The lowest BCUT2D eigenvalue weighted by Crippen LogP contribution is -2.34. The SMILES string of the molecule is Cc1ncc(NC(C)(C)CC(=O)O)nc1C. The van der Waals surface area contributed by atoms with Gasteiger partial charge in [-0.05, 0) is 27.7 Å². The van der Waals surface area contributed by atoms with Crippen molar-refractivity contribution in [3.8, 4) is 0 Å². The van der Waals surface area contributed by atoms with Crippen molar-refractivity contribution in [3.63, 3.8) is 0 Å². The Balaban J connectivity index is 2.79. The molecule has 0 bridgehead atoms. The molecule has 0 aliphatic heterocycles. The van der Waals surface area contributed by atoms with E-state index in [1.807, 2.05) is 27.7 Å². The van der Waals surface area contributed by atoms with Gasteiger partial charge in [0.05, 0.1) is 24.0 Å². The minimum atomic E-state index is -0.839. The highest BCUT2D eigenvalue weighted by Gasteiger charge is 2.22. The fourth-order valence-electron chi connectivity index (χ4n) is 1.37. The smallest absolute Gasteiger partial charge is 0.305 e. The second-order valence-electron chi connectivity index (χ2n) is 4.51. The third kappa shape index (κ3) is 3.49. The van der Waals surface area contributed by atoms with Gasteiger partial charge in [0.15, 0.2) is 0 Å². The van der Waals surface area contributed by atoms with Crippen molar-refractivity contribution in [1.82, 2.24) is 9.97 Å². The van der Waals surface area contributed by atoms with Crippen LogP contribution in [0, 0.1) is 13.8 Å². The van der Waals surface area contributed by atoms with Crippen molar-refractivity contribution in [2.75, 3.05) is 5.32 Å². The van der Waals surface area contributed by atoms with E-state index in [1.54, 1.807) is 6.20 Å². The molecular formula is C11H17N3O2. The van der Waals surface area contributed by atoms with Crippen molar-refractivity contribution >= 4 is 11.8 Å². The third-order valence-electron chi connectivity index (χ3n) is 2.25. The van der Waals surface area contributed by atoms with Crippen molar-refractivity contribution in [3.05, 3.63) is 17.6 Å². The Morgan fingerprint density at radius 2 is 2.06 bits per heavy atom. The summed E-state index contributed by atoms with van der Waals surface area (Å²) in [6.07, 6.45) is 1.65. The molecule has 0 aliphatic rings. The van der Waals surface area contributed by atoms with Gasteiger partial charge in [0.2, 0.25) is 0 Å². The average Bonchev–Trinajstić information content (AvgIpc) is 2.08. The summed E-state index contributed by atoms with van der Waals surface area (Å²) in [6, 6.07) is 0. The van der Waals surface area contributed by atoms with Crippen LogP contribution in [-0.4, -0.2) is 26.6 Å². The summed E-state index contributed by atoms with van der Waals surface area (Å²) in [5, 5.41) is 11.8. The van der Waals surface area contributed by atoms with Gasteiger partial charge < -0.3 is 10.4 Å². The summed E-state index contributed by atoms with van der Waals surface area (Å²) in [5.41, 5.74) is 1.18. The maximum atomic E-state index is 10.7.